The Morgan fingerprint density at radius 2 is 1.94 bits per heavy atom. The van der Waals surface area contributed by atoms with E-state index in [1.807, 2.05) is 30.6 Å². The van der Waals surface area contributed by atoms with E-state index in [0.717, 1.165) is 40.5 Å². The van der Waals surface area contributed by atoms with Gasteiger partial charge in [0.25, 0.3) is 0 Å². The van der Waals surface area contributed by atoms with Crippen molar-refractivity contribution in [3.8, 4) is 16.9 Å². The fourth-order valence-corrected chi connectivity index (χ4v) is 5.33. The molecule has 1 fully saturated rings. The summed E-state index contributed by atoms with van der Waals surface area (Å²) in [6, 6.07) is 16.5. The number of aromatic amines is 1. The molecule has 0 radical (unpaired) electrons. The van der Waals surface area contributed by atoms with Gasteiger partial charge < -0.3 is 15.0 Å². The van der Waals surface area contributed by atoms with E-state index in [1.54, 1.807) is 7.11 Å². The van der Waals surface area contributed by atoms with Crippen LogP contribution in [0.5, 0.6) is 5.75 Å². The third kappa shape index (κ3) is 3.58. The number of H-pyrrole nitrogens is 1. The summed E-state index contributed by atoms with van der Waals surface area (Å²) >= 11 is 6.12. The van der Waals surface area contributed by atoms with E-state index < -0.39 is 0 Å². The molecule has 1 aliphatic rings. The molecule has 0 aliphatic carbocycles. The first kappa shape index (κ1) is 21.0. The molecule has 2 unspecified atom stereocenters. The standard InChI is InChI=1S/C27H28ClN3O/c1-27(20-5-4-12-29-15-20,24-17-31-26-23(24)6-3-7-25(26)32-2)21-13-19(14-30-16-21)18-8-10-22(28)11-9-18/h3,6-11,13-14,16-17,20,29,31H,4-5,12,15H2,1-2H3. The SMILES string of the molecule is COc1cccc2c(C(C)(c3cncc(-c4ccc(Cl)cc4)c3)C3CCCNC3)c[nH]c12. The summed E-state index contributed by atoms with van der Waals surface area (Å²) in [5.41, 5.74) is 5.56. The van der Waals surface area contributed by atoms with E-state index in [0.29, 0.717) is 5.92 Å². The first-order valence-electron chi connectivity index (χ1n) is 11.2. The molecule has 5 rings (SSSR count). The third-order valence-corrected chi connectivity index (χ3v) is 7.34. The van der Waals surface area contributed by atoms with Crippen LogP contribution in [0.25, 0.3) is 22.0 Å². The first-order chi connectivity index (χ1) is 15.6. The van der Waals surface area contributed by atoms with Gasteiger partial charge in [0.15, 0.2) is 0 Å². The molecule has 2 N–H and O–H groups in total. The number of piperidine rings is 1. The van der Waals surface area contributed by atoms with Gasteiger partial charge in [-0.05, 0) is 72.8 Å². The number of para-hydroxylation sites is 1. The molecule has 5 heteroatoms. The van der Waals surface area contributed by atoms with E-state index in [1.165, 1.54) is 29.4 Å². The minimum Gasteiger partial charge on any atom is -0.495 e. The summed E-state index contributed by atoms with van der Waals surface area (Å²) in [5.74, 6) is 1.31. The van der Waals surface area contributed by atoms with Crippen LogP contribution in [0.3, 0.4) is 0 Å². The van der Waals surface area contributed by atoms with Crippen molar-refractivity contribution in [3.05, 3.63) is 83.3 Å². The van der Waals surface area contributed by atoms with Crippen LogP contribution < -0.4 is 10.1 Å². The van der Waals surface area contributed by atoms with Crippen molar-refractivity contribution < 1.29 is 4.74 Å². The van der Waals surface area contributed by atoms with Crippen LogP contribution >= 0.6 is 11.6 Å². The predicted octanol–water partition coefficient (Wildman–Crippen LogP) is 6.20. The molecule has 0 amide bonds. The van der Waals surface area contributed by atoms with Gasteiger partial charge in [-0.15, -0.1) is 0 Å². The number of halogens is 1. The largest absolute Gasteiger partial charge is 0.495 e. The summed E-state index contributed by atoms with van der Waals surface area (Å²) < 4.78 is 5.62. The highest BCUT2D eigenvalue weighted by atomic mass is 35.5. The Morgan fingerprint density at radius 1 is 1.09 bits per heavy atom. The lowest BCUT2D eigenvalue weighted by Crippen LogP contribution is -2.43. The van der Waals surface area contributed by atoms with Crippen molar-refractivity contribution in [1.82, 2.24) is 15.3 Å². The number of nitrogens with zero attached hydrogens (tertiary/aromatic N) is 1. The average Bonchev–Trinajstić information content (AvgIpc) is 3.29. The Labute approximate surface area is 194 Å². The number of methoxy groups -OCH3 is 1. The van der Waals surface area contributed by atoms with Crippen molar-refractivity contribution >= 4 is 22.5 Å². The van der Waals surface area contributed by atoms with Gasteiger partial charge in [0.2, 0.25) is 0 Å². The second-order valence-corrected chi connectivity index (χ2v) is 9.24. The molecule has 1 saturated heterocycles. The monoisotopic (exact) mass is 445 g/mol. The van der Waals surface area contributed by atoms with Gasteiger partial charge in [0.05, 0.1) is 12.6 Å². The minimum absolute atomic E-state index is 0.215. The van der Waals surface area contributed by atoms with Crippen molar-refractivity contribution in [2.45, 2.75) is 25.2 Å². The topological polar surface area (TPSA) is 49.9 Å². The zero-order valence-electron chi connectivity index (χ0n) is 18.5. The summed E-state index contributed by atoms with van der Waals surface area (Å²) in [4.78, 5) is 8.17. The number of rotatable bonds is 5. The van der Waals surface area contributed by atoms with Crippen molar-refractivity contribution in [1.29, 1.82) is 0 Å². The molecular formula is C27H28ClN3O. The Balaban J connectivity index is 1.69. The fourth-order valence-electron chi connectivity index (χ4n) is 5.21. The van der Waals surface area contributed by atoms with E-state index in [9.17, 15) is 0 Å². The molecule has 32 heavy (non-hydrogen) atoms. The number of nitrogens with one attached hydrogen (secondary N) is 2. The molecule has 4 aromatic rings. The van der Waals surface area contributed by atoms with Crippen LogP contribution in [0.15, 0.2) is 67.1 Å². The fraction of sp³-hybridized carbons (Fsp3) is 0.296. The summed E-state index contributed by atoms with van der Waals surface area (Å²) in [6.07, 6.45) is 8.48. The molecule has 0 bridgehead atoms. The maximum atomic E-state index is 6.12. The quantitative estimate of drug-likeness (QED) is 0.384. The van der Waals surface area contributed by atoms with Crippen molar-refractivity contribution in [2.75, 3.05) is 20.2 Å². The molecule has 164 valence electrons. The molecule has 1 aliphatic heterocycles. The van der Waals surface area contributed by atoms with Crippen LogP contribution in [0.4, 0.5) is 0 Å². The smallest absolute Gasteiger partial charge is 0.142 e. The molecule has 2 atom stereocenters. The van der Waals surface area contributed by atoms with Crippen molar-refractivity contribution in [3.63, 3.8) is 0 Å². The third-order valence-electron chi connectivity index (χ3n) is 7.09. The van der Waals surface area contributed by atoms with Gasteiger partial charge in [-0.2, -0.15) is 0 Å². The molecular weight excluding hydrogens is 418 g/mol. The zero-order valence-corrected chi connectivity index (χ0v) is 19.2. The summed E-state index contributed by atoms with van der Waals surface area (Å²) in [7, 11) is 1.72. The van der Waals surface area contributed by atoms with E-state index in [4.69, 9.17) is 16.3 Å². The number of hydrogen-bond acceptors (Lipinski definition) is 3. The molecule has 2 aromatic heterocycles. The van der Waals surface area contributed by atoms with Gasteiger partial charge in [-0.25, -0.2) is 0 Å². The number of aromatic nitrogens is 2. The number of hydrogen-bond donors (Lipinski definition) is 2. The molecule has 2 aromatic carbocycles. The molecule has 0 spiro atoms. The number of pyridine rings is 1. The predicted molar refractivity (Wildman–Crippen MR) is 132 cm³/mol. The first-order valence-corrected chi connectivity index (χ1v) is 11.6. The van der Waals surface area contributed by atoms with Crippen LogP contribution in [0, 0.1) is 5.92 Å². The lowest BCUT2D eigenvalue weighted by Gasteiger charge is -2.41. The van der Waals surface area contributed by atoms with Crippen LogP contribution in [-0.4, -0.2) is 30.2 Å². The van der Waals surface area contributed by atoms with Gasteiger partial charge in [0.1, 0.15) is 5.75 Å². The lowest BCUT2D eigenvalue weighted by molar-refractivity contribution is 0.271. The highest BCUT2D eigenvalue weighted by molar-refractivity contribution is 6.30. The maximum Gasteiger partial charge on any atom is 0.142 e. The van der Waals surface area contributed by atoms with E-state index in [-0.39, 0.29) is 5.41 Å². The second kappa shape index (κ2) is 8.61. The zero-order chi connectivity index (χ0) is 22.1. The number of ether oxygens (including phenoxy) is 1. The molecule has 0 saturated carbocycles. The van der Waals surface area contributed by atoms with Gasteiger partial charge in [0, 0.05) is 40.0 Å². The number of benzene rings is 2. The normalized spacial score (nSPS) is 18.4. The average molecular weight is 446 g/mol. The van der Waals surface area contributed by atoms with E-state index >= 15 is 0 Å². The Bertz CT molecular complexity index is 1230. The highest BCUT2D eigenvalue weighted by Gasteiger charge is 2.40. The highest BCUT2D eigenvalue weighted by Crippen LogP contribution is 2.46. The second-order valence-electron chi connectivity index (χ2n) is 8.80. The van der Waals surface area contributed by atoms with Gasteiger partial charge in [-0.3, -0.25) is 4.98 Å². The Morgan fingerprint density at radius 3 is 2.69 bits per heavy atom. The lowest BCUT2D eigenvalue weighted by atomic mass is 9.65. The Kier molecular flexibility index (Phi) is 5.66. The van der Waals surface area contributed by atoms with Crippen molar-refractivity contribution in [2.24, 2.45) is 5.92 Å². The minimum atomic E-state index is -0.215. The maximum absolute atomic E-state index is 6.12. The van der Waals surface area contributed by atoms with Gasteiger partial charge >= 0.3 is 0 Å². The van der Waals surface area contributed by atoms with E-state index in [2.05, 4.69) is 58.7 Å². The van der Waals surface area contributed by atoms with Crippen LogP contribution in [-0.2, 0) is 5.41 Å². The van der Waals surface area contributed by atoms with Crippen LogP contribution in [0.2, 0.25) is 5.02 Å². The molecule has 3 heterocycles. The van der Waals surface area contributed by atoms with Crippen LogP contribution in [0.1, 0.15) is 30.9 Å². The Hall–Kier alpha value is -2.82. The molecule has 4 nitrogen and oxygen atoms in total. The van der Waals surface area contributed by atoms with Gasteiger partial charge in [-0.1, -0.05) is 42.8 Å². The summed E-state index contributed by atoms with van der Waals surface area (Å²) in [6.45, 7) is 4.44. The number of fused-ring (bicyclic) bond motifs is 1. The summed E-state index contributed by atoms with van der Waals surface area (Å²) in [5, 5.41) is 5.57.